The van der Waals surface area contributed by atoms with Gasteiger partial charge in [-0.3, -0.25) is 4.98 Å². The van der Waals surface area contributed by atoms with Gasteiger partial charge >= 0.3 is 29.6 Å². The number of para-hydroxylation sites is 1. The molecule has 0 radical (unpaired) electrons. The maximum absolute atomic E-state index is 11.8. The van der Waals surface area contributed by atoms with Gasteiger partial charge in [0.2, 0.25) is 0 Å². The fourth-order valence-corrected chi connectivity index (χ4v) is 4.19. The molecule has 35 heavy (non-hydrogen) atoms. The second-order valence-corrected chi connectivity index (χ2v) is 8.96. The first-order valence-electron chi connectivity index (χ1n) is 10.8. The van der Waals surface area contributed by atoms with E-state index >= 15 is 0 Å². The van der Waals surface area contributed by atoms with Gasteiger partial charge in [-0.25, -0.2) is 8.42 Å². The Morgan fingerprint density at radius 1 is 1.00 bits per heavy atom. The first-order chi connectivity index (χ1) is 16.4. The molecular weight excluding hydrogens is 475 g/mol. The summed E-state index contributed by atoms with van der Waals surface area (Å²) in [4.78, 5) is 4.08. The van der Waals surface area contributed by atoms with Crippen LogP contribution in [0.3, 0.4) is 0 Å². The minimum absolute atomic E-state index is 0. The van der Waals surface area contributed by atoms with Crippen LogP contribution in [-0.2, 0) is 10.1 Å². The van der Waals surface area contributed by atoms with Gasteiger partial charge in [-0.15, -0.1) is 10.2 Å². The number of benzene rings is 3. The zero-order valence-electron chi connectivity index (χ0n) is 19.5. The number of aromatic nitrogens is 1. The molecule has 1 aromatic heterocycles. The number of nitrogens with zero attached hydrogens (tertiary/aromatic N) is 3. The number of anilines is 1. The van der Waals surface area contributed by atoms with Crippen molar-refractivity contribution < 1.29 is 47.3 Å². The van der Waals surface area contributed by atoms with E-state index in [4.69, 9.17) is 10.5 Å². The molecule has 0 saturated carbocycles. The maximum atomic E-state index is 11.8. The molecule has 2 N–H and O–H groups in total. The smallest absolute Gasteiger partial charge is 0.744 e. The topological polar surface area (TPSA) is 130 Å². The Labute approximate surface area is 226 Å². The molecule has 0 aliphatic rings. The number of unbranched alkanes of at least 4 members (excludes halogenated alkanes) is 1. The second-order valence-electron chi connectivity index (χ2n) is 7.61. The summed E-state index contributed by atoms with van der Waals surface area (Å²) < 4.78 is 41.2. The molecule has 0 amide bonds. The Morgan fingerprint density at radius 2 is 1.71 bits per heavy atom. The third-order valence-corrected chi connectivity index (χ3v) is 6.11. The molecule has 1 heterocycles. The summed E-state index contributed by atoms with van der Waals surface area (Å²) in [6.45, 7) is 2.74. The van der Waals surface area contributed by atoms with Gasteiger partial charge in [0.05, 0.1) is 29.1 Å². The summed E-state index contributed by atoms with van der Waals surface area (Å²) >= 11 is 0. The van der Waals surface area contributed by atoms with Crippen molar-refractivity contribution in [2.75, 3.05) is 12.3 Å². The Bertz CT molecular complexity index is 1460. The third-order valence-electron chi connectivity index (χ3n) is 5.24. The number of rotatable bonds is 8. The van der Waals surface area contributed by atoms with Crippen molar-refractivity contribution in [3.05, 3.63) is 72.9 Å². The minimum atomic E-state index is -4.73. The van der Waals surface area contributed by atoms with Crippen molar-refractivity contribution in [2.45, 2.75) is 24.7 Å². The number of azo groups is 1. The molecule has 4 rings (SSSR count). The molecule has 8 nitrogen and oxygen atoms in total. The molecule has 10 heteroatoms. The number of nitrogens with two attached hydrogens (primary N) is 1. The van der Waals surface area contributed by atoms with Gasteiger partial charge in [0, 0.05) is 16.3 Å². The van der Waals surface area contributed by atoms with Crippen molar-refractivity contribution in [2.24, 2.45) is 10.2 Å². The van der Waals surface area contributed by atoms with Crippen LogP contribution in [0.25, 0.3) is 22.0 Å². The van der Waals surface area contributed by atoms with Gasteiger partial charge < -0.3 is 15.0 Å². The molecule has 0 saturated heterocycles. The summed E-state index contributed by atoms with van der Waals surface area (Å²) in [5.41, 5.74) is 8.53. The molecule has 174 valence electrons. The van der Waals surface area contributed by atoms with E-state index in [1.807, 2.05) is 24.3 Å². The predicted octanol–water partition coefficient (Wildman–Crippen LogP) is 2.99. The maximum Gasteiger partial charge on any atom is 1.00 e. The molecule has 0 aliphatic heterocycles. The quantitative estimate of drug-likeness (QED) is 0.131. The van der Waals surface area contributed by atoms with Gasteiger partial charge in [-0.1, -0.05) is 49.7 Å². The standard InChI is InChI=1S/C25H24N4O4S.Na/c1-2-3-14-33-23-11-7-6-10-20(23)21-13-12-17(16-27-21)28-29-22-15-24(34(30,31)32)18-8-4-5-9-19(18)25(22)26;/h4-13,15-16H,2-3,14,26H2,1H3,(H,30,31,32);/q;+1/p-1. The van der Waals surface area contributed by atoms with Crippen molar-refractivity contribution in [1.29, 1.82) is 0 Å². The average molecular weight is 499 g/mol. The number of nitrogen functional groups attached to an aromatic ring is 1. The first kappa shape index (κ1) is 26.8. The molecule has 3 aromatic carbocycles. The summed E-state index contributed by atoms with van der Waals surface area (Å²) in [5.74, 6) is 0.758. The Balaban J connectivity index is 0.00000342. The fraction of sp³-hybridized carbons (Fsp3) is 0.160. The van der Waals surface area contributed by atoms with Crippen LogP contribution < -0.4 is 40.0 Å². The van der Waals surface area contributed by atoms with E-state index < -0.39 is 10.1 Å². The molecule has 0 spiro atoms. The zero-order chi connectivity index (χ0) is 24.1. The van der Waals surface area contributed by atoms with Crippen LogP contribution in [0.15, 0.2) is 88.1 Å². The minimum Gasteiger partial charge on any atom is -0.744 e. The van der Waals surface area contributed by atoms with Crippen LogP contribution in [0.4, 0.5) is 17.1 Å². The van der Waals surface area contributed by atoms with Gasteiger partial charge in [0.1, 0.15) is 27.2 Å². The molecule has 0 bridgehead atoms. The SMILES string of the molecule is CCCCOc1ccccc1-c1ccc(N=Nc2cc(S(=O)(=O)[O-])c3ccccc3c2N)cn1.[Na+]. The van der Waals surface area contributed by atoms with Gasteiger partial charge in [0.15, 0.2) is 0 Å². The largest absolute Gasteiger partial charge is 1.00 e. The number of pyridine rings is 1. The van der Waals surface area contributed by atoms with E-state index in [-0.39, 0.29) is 51.2 Å². The van der Waals surface area contributed by atoms with E-state index in [9.17, 15) is 13.0 Å². The van der Waals surface area contributed by atoms with Crippen molar-refractivity contribution in [1.82, 2.24) is 4.98 Å². The van der Waals surface area contributed by atoms with Crippen LogP contribution in [0.1, 0.15) is 19.8 Å². The Morgan fingerprint density at radius 3 is 2.40 bits per heavy atom. The summed E-state index contributed by atoms with van der Waals surface area (Å²) in [5, 5.41) is 8.91. The Kier molecular flexibility index (Phi) is 8.98. The van der Waals surface area contributed by atoms with E-state index in [1.165, 1.54) is 6.07 Å². The molecule has 4 aromatic rings. The molecule has 0 aliphatic carbocycles. The fourth-order valence-electron chi connectivity index (χ4n) is 3.49. The Hall–Kier alpha value is -2.82. The predicted molar refractivity (Wildman–Crippen MR) is 131 cm³/mol. The number of ether oxygens (including phenoxy) is 1. The van der Waals surface area contributed by atoms with Crippen molar-refractivity contribution >= 4 is 38.0 Å². The number of hydrogen-bond acceptors (Lipinski definition) is 8. The summed E-state index contributed by atoms with van der Waals surface area (Å²) in [7, 11) is -4.73. The first-order valence-corrected chi connectivity index (χ1v) is 12.2. The molecular formula is C25H23N4NaO4S. The van der Waals surface area contributed by atoms with E-state index in [2.05, 4.69) is 22.1 Å². The summed E-state index contributed by atoms with van der Waals surface area (Å²) in [6.07, 6.45) is 3.56. The summed E-state index contributed by atoms with van der Waals surface area (Å²) in [6, 6.07) is 18.9. The van der Waals surface area contributed by atoms with Crippen LogP contribution in [-0.4, -0.2) is 24.6 Å². The molecule has 0 fully saturated rings. The second kappa shape index (κ2) is 11.7. The van der Waals surface area contributed by atoms with Gasteiger partial charge in [-0.2, -0.15) is 0 Å². The van der Waals surface area contributed by atoms with Crippen molar-refractivity contribution in [3.8, 4) is 17.0 Å². The van der Waals surface area contributed by atoms with E-state index in [0.29, 0.717) is 17.7 Å². The monoisotopic (exact) mass is 498 g/mol. The van der Waals surface area contributed by atoms with Gasteiger partial charge in [0.25, 0.3) is 0 Å². The van der Waals surface area contributed by atoms with Crippen LogP contribution >= 0.6 is 0 Å². The number of hydrogen-bond donors (Lipinski definition) is 1. The van der Waals surface area contributed by atoms with Crippen molar-refractivity contribution in [3.63, 3.8) is 0 Å². The number of fused-ring (bicyclic) bond motifs is 1. The van der Waals surface area contributed by atoms with Gasteiger partial charge in [-0.05, 0) is 36.8 Å². The van der Waals surface area contributed by atoms with Crippen LogP contribution in [0.2, 0.25) is 0 Å². The zero-order valence-corrected chi connectivity index (χ0v) is 22.3. The van der Waals surface area contributed by atoms with E-state index in [0.717, 1.165) is 35.9 Å². The normalized spacial score (nSPS) is 11.5. The molecule has 0 unspecified atom stereocenters. The van der Waals surface area contributed by atoms with Crippen LogP contribution in [0.5, 0.6) is 5.75 Å². The van der Waals surface area contributed by atoms with Crippen LogP contribution in [0, 0.1) is 0 Å². The average Bonchev–Trinajstić information content (AvgIpc) is 2.84. The van der Waals surface area contributed by atoms with E-state index in [1.54, 1.807) is 36.5 Å². The third kappa shape index (κ3) is 6.25. The molecule has 0 atom stereocenters.